The summed E-state index contributed by atoms with van der Waals surface area (Å²) in [7, 11) is 0. The van der Waals surface area contributed by atoms with Gasteiger partial charge in [-0.15, -0.1) is 0 Å². The maximum Gasteiger partial charge on any atom is 0.224 e. The van der Waals surface area contributed by atoms with E-state index >= 15 is 0 Å². The largest absolute Gasteiger partial charge is 0.508 e. The number of aliphatic hydroxyl groups is 1. The first kappa shape index (κ1) is 13.9. The van der Waals surface area contributed by atoms with E-state index in [2.05, 4.69) is 5.32 Å². The molecule has 4 nitrogen and oxygen atoms in total. The van der Waals surface area contributed by atoms with Crippen molar-refractivity contribution in [2.45, 2.75) is 38.1 Å². The standard InChI is InChI=1S/C15H21NO3/c17-10-12-3-1-2-4-14(12)16-15(19)9-11-5-7-13(18)8-6-11/h5-8,12,14,17-18H,1-4,9-10H2,(H,16,19). The molecule has 3 N–H and O–H groups in total. The number of aliphatic hydroxyl groups excluding tert-OH is 1. The van der Waals surface area contributed by atoms with Crippen molar-refractivity contribution in [3.63, 3.8) is 0 Å². The average molecular weight is 263 g/mol. The van der Waals surface area contributed by atoms with Gasteiger partial charge in [-0.25, -0.2) is 0 Å². The van der Waals surface area contributed by atoms with Crippen LogP contribution in [0, 0.1) is 5.92 Å². The van der Waals surface area contributed by atoms with Gasteiger partial charge in [0.15, 0.2) is 0 Å². The molecular formula is C15H21NO3. The number of phenols is 1. The first-order valence-corrected chi connectivity index (χ1v) is 6.87. The van der Waals surface area contributed by atoms with Crippen LogP contribution in [0.15, 0.2) is 24.3 Å². The first-order valence-electron chi connectivity index (χ1n) is 6.87. The van der Waals surface area contributed by atoms with E-state index < -0.39 is 0 Å². The van der Waals surface area contributed by atoms with Gasteiger partial charge in [-0.1, -0.05) is 25.0 Å². The number of carbonyl (C=O) groups excluding carboxylic acids is 1. The Morgan fingerprint density at radius 3 is 2.58 bits per heavy atom. The highest BCUT2D eigenvalue weighted by Gasteiger charge is 2.25. The maximum absolute atomic E-state index is 12.0. The Morgan fingerprint density at radius 1 is 1.21 bits per heavy atom. The van der Waals surface area contributed by atoms with E-state index in [0.717, 1.165) is 31.2 Å². The van der Waals surface area contributed by atoms with Crippen molar-refractivity contribution in [2.75, 3.05) is 6.61 Å². The van der Waals surface area contributed by atoms with Crippen molar-refractivity contribution in [3.8, 4) is 5.75 Å². The molecule has 0 bridgehead atoms. The Kier molecular flexibility index (Phi) is 4.80. The van der Waals surface area contributed by atoms with Crippen LogP contribution in [0.3, 0.4) is 0 Å². The quantitative estimate of drug-likeness (QED) is 0.773. The van der Waals surface area contributed by atoms with E-state index in [4.69, 9.17) is 0 Å². The predicted molar refractivity (Wildman–Crippen MR) is 72.8 cm³/mol. The van der Waals surface area contributed by atoms with E-state index in [1.54, 1.807) is 24.3 Å². The highest BCUT2D eigenvalue weighted by atomic mass is 16.3. The number of amides is 1. The van der Waals surface area contributed by atoms with Crippen molar-refractivity contribution in [1.82, 2.24) is 5.32 Å². The van der Waals surface area contributed by atoms with Crippen molar-refractivity contribution < 1.29 is 15.0 Å². The smallest absolute Gasteiger partial charge is 0.224 e. The van der Waals surface area contributed by atoms with Gasteiger partial charge in [-0.3, -0.25) is 4.79 Å². The minimum Gasteiger partial charge on any atom is -0.508 e. The van der Waals surface area contributed by atoms with E-state index in [9.17, 15) is 15.0 Å². The summed E-state index contributed by atoms with van der Waals surface area (Å²) < 4.78 is 0. The van der Waals surface area contributed by atoms with Crippen molar-refractivity contribution >= 4 is 5.91 Å². The zero-order valence-corrected chi connectivity index (χ0v) is 11.0. The molecule has 1 amide bonds. The van der Waals surface area contributed by atoms with E-state index in [-0.39, 0.29) is 30.2 Å². The summed E-state index contributed by atoms with van der Waals surface area (Å²) in [5, 5.41) is 21.5. The third-order valence-electron chi connectivity index (χ3n) is 3.79. The summed E-state index contributed by atoms with van der Waals surface area (Å²) in [6.45, 7) is 0.143. The van der Waals surface area contributed by atoms with Crippen LogP contribution in [0.2, 0.25) is 0 Å². The molecule has 1 aliphatic rings. The number of aromatic hydroxyl groups is 1. The van der Waals surface area contributed by atoms with Crippen LogP contribution >= 0.6 is 0 Å². The van der Waals surface area contributed by atoms with Gasteiger partial charge in [0.05, 0.1) is 6.42 Å². The summed E-state index contributed by atoms with van der Waals surface area (Å²) in [6.07, 6.45) is 4.50. The van der Waals surface area contributed by atoms with E-state index in [1.807, 2.05) is 0 Å². The molecule has 1 saturated carbocycles. The Balaban J connectivity index is 1.88. The normalized spacial score (nSPS) is 23.0. The fraction of sp³-hybridized carbons (Fsp3) is 0.533. The number of benzene rings is 1. The lowest BCUT2D eigenvalue weighted by molar-refractivity contribution is -0.121. The topological polar surface area (TPSA) is 69.6 Å². The van der Waals surface area contributed by atoms with Gasteiger partial charge in [-0.2, -0.15) is 0 Å². The molecule has 1 aliphatic carbocycles. The van der Waals surface area contributed by atoms with Crippen LogP contribution in [0.4, 0.5) is 0 Å². The minimum absolute atomic E-state index is 0.0176. The van der Waals surface area contributed by atoms with Crippen LogP contribution in [0.1, 0.15) is 31.2 Å². The number of hydrogen-bond acceptors (Lipinski definition) is 3. The van der Waals surface area contributed by atoms with Gasteiger partial charge < -0.3 is 15.5 Å². The second kappa shape index (κ2) is 6.57. The van der Waals surface area contributed by atoms with Gasteiger partial charge >= 0.3 is 0 Å². The zero-order chi connectivity index (χ0) is 13.7. The number of hydrogen-bond donors (Lipinski definition) is 3. The summed E-state index contributed by atoms with van der Waals surface area (Å²) >= 11 is 0. The highest BCUT2D eigenvalue weighted by molar-refractivity contribution is 5.78. The van der Waals surface area contributed by atoms with Crippen LogP contribution in [0.25, 0.3) is 0 Å². The Morgan fingerprint density at radius 2 is 1.89 bits per heavy atom. The Bertz CT molecular complexity index is 416. The SMILES string of the molecule is O=C(Cc1ccc(O)cc1)NC1CCCCC1CO. The number of nitrogens with one attached hydrogen (secondary N) is 1. The molecule has 2 atom stereocenters. The fourth-order valence-electron chi connectivity index (χ4n) is 2.67. The second-order valence-electron chi connectivity index (χ2n) is 5.24. The second-order valence-corrected chi connectivity index (χ2v) is 5.24. The molecule has 0 saturated heterocycles. The Labute approximate surface area is 113 Å². The fourth-order valence-corrected chi connectivity index (χ4v) is 2.67. The molecule has 0 radical (unpaired) electrons. The van der Waals surface area contributed by atoms with Gasteiger partial charge in [0, 0.05) is 18.6 Å². The minimum atomic E-state index is -0.0176. The molecule has 19 heavy (non-hydrogen) atoms. The Hall–Kier alpha value is -1.55. The third-order valence-corrected chi connectivity index (χ3v) is 3.79. The lowest BCUT2D eigenvalue weighted by atomic mass is 9.85. The number of rotatable bonds is 4. The van der Waals surface area contributed by atoms with Crippen LogP contribution in [-0.4, -0.2) is 28.8 Å². The molecule has 1 aromatic carbocycles. The van der Waals surface area contributed by atoms with Gasteiger partial charge in [0.25, 0.3) is 0 Å². The number of carbonyl (C=O) groups is 1. The highest BCUT2D eigenvalue weighted by Crippen LogP contribution is 2.24. The summed E-state index contributed by atoms with van der Waals surface area (Å²) in [5.41, 5.74) is 0.881. The van der Waals surface area contributed by atoms with E-state index in [0.29, 0.717) is 6.42 Å². The van der Waals surface area contributed by atoms with Crippen LogP contribution in [0.5, 0.6) is 5.75 Å². The zero-order valence-electron chi connectivity index (χ0n) is 11.0. The van der Waals surface area contributed by atoms with Crippen LogP contribution < -0.4 is 5.32 Å². The number of phenolic OH excluding ortho intramolecular Hbond substituents is 1. The van der Waals surface area contributed by atoms with Gasteiger partial charge in [0.2, 0.25) is 5.91 Å². The molecule has 0 aromatic heterocycles. The van der Waals surface area contributed by atoms with Crippen molar-refractivity contribution in [1.29, 1.82) is 0 Å². The molecule has 1 aromatic rings. The first-order chi connectivity index (χ1) is 9.19. The monoisotopic (exact) mass is 263 g/mol. The molecule has 2 unspecified atom stereocenters. The lowest BCUT2D eigenvalue weighted by Gasteiger charge is -2.30. The van der Waals surface area contributed by atoms with Gasteiger partial charge in [-0.05, 0) is 30.5 Å². The van der Waals surface area contributed by atoms with Crippen molar-refractivity contribution in [3.05, 3.63) is 29.8 Å². The summed E-state index contributed by atoms with van der Waals surface area (Å²) in [4.78, 5) is 12.0. The van der Waals surface area contributed by atoms with Crippen LogP contribution in [-0.2, 0) is 11.2 Å². The summed E-state index contributed by atoms with van der Waals surface area (Å²) in [5.74, 6) is 0.380. The molecule has 4 heteroatoms. The molecule has 0 spiro atoms. The maximum atomic E-state index is 12.0. The molecule has 104 valence electrons. The lowest BCUT2D eigenvalue weighted by Crippen LogP contribution is -2.44. The molecule has 2 rings (SSSR count). The molecule has 0 heterocycles. The van der Waals surface area contributed by atoms with Crippen molar-refractivity contribution in [2.24, 2.45) is 5.92 Å². The summed E-state index contributed by atoms with van der Waals surface area (Å²) in [6, 6.07) is 6.77. The molecule has 0 aliphatic heterocycles. The third kappa shape index (κ3) is 3.96. The molecule has 1 fully saturated rings. The van der Waals surface area contributed by atoms with E-state index in [1.165, 1.54) is 0 Å². The average Bonchev–Trinajstić information content (AvgIpc) is 2.42. The molecular weight excluding hydrogens is 242 g/mol. The predicted octanol–water partition coefficient (Wildman–Crippen LogP) is 1.60. The van der Waals surface area contributed by atoms with Gasteiger partial charge in [0.1, 0.15) is 5.75 Å².